The molecule has 8 heteroatoms. The molecule has 0 radical (unpaired) electrons. The van der Waals surface area contributed by atoms with E-state index in [1.807, 2.05) is 14.1 Å². The van der Waals surface area contributed by atoms with E-state index in [-0.39, 0.29) is 5.91 Å². The summed E-state index contributed by atoms with van der Waals surface area (Å²) in [7, 11) is 3.74. The molecule has 1 saturated heterocycles. The number of carbonyl (C=O) groups excluding carboxylic acids is 1. The van der Waals surface area contributed by atoms with Crippen LogP contribution in [0.1, 0.15) is 23.3 Å². The second-order valence-electron chi connectivity index (χ2n) is 6.88. The second-order valence-corrected chi connectivity index (χ2v) is 7.77. The number of aromatic nitrogens is 4. The lowest BCUT2D eigenvalue weighted by Gasteiger charge is -2.34. The Bertz CT molecular complexity index is 911. The SMILES string of the molecule is CN(CC1CCN(c2ncnc3sccc23)CC1)C(=O)c1cn(C)cn1. The Kier molecular flexibility index (Phi) is 4.58. The van der Waals surface area contributed by atoms with Gasteiger partial charge in [0.25, 0.3) is 5.91 Å². The molecule has 7 nitrogen and oxygen atoms in total. The molecule has 0 spiro atoms. The highest BCUT2D eigenvalue weighted by Crippen LogP contribution is 2.30. The van der Waals surface area contributed by atoms with Crippen molar-refractivity contribution < 1.29 is 4.79 Å². The van der Waals surface area contributed by atoms with E-state index in [9.17, 15) is 4.79 Å². The number of thiophene rings is 1. The standard InChI is InChI=1S/C18H22N6OS/c1-22-10-15(21-12-22)18(25)23(2)9-13-3-6-24(7-4-13)16-14-5-8-26-17(14)20-11-19-16/h5,8,10-13H,3-4,6-7,9H2,1-2H3. The number of rotatable bonds is 4. The third-order valence-electron chi connectivity index (χ3n) is 4.96. The molecular weight excluding hydrogens is 348 g/mol. The lowest BCUT2D eigenvalue weighted by molar-refractivity contribution is 0.0759. The summed E-state index contributed by atoms with van der Waals surface area (Å²) in [5.74, 6) is 1.53. The minimum absolute atomic E-state index is 0.0104. The number of nitrogens with zero attached hydrogens (tertiary/aromatic N) is 6. The zero-order valence-corrected chi connectivity index (χ0v) is 15.8. The Morgan fingerprint density at radius 1 is 1.31 bits per heavy atom. The largest absolute Gasteiger partial charge is 0.356 e. The number of fused-ring (bicyclic) bond motifs is 1. The molecule has 1 fully saturated rings. The summed E-state index contributed by atoms with van der Waals surface area (Å²) in [6, 6.07) is 2.10. The highest BCUT2D eigenvalue weighted by Gasteiger charge is 2.25. The van der Waals surface area contributed by atoms with Gasteiger partial charge < -0.3 is 14.4 Å². The molecule has 0 atom stereocenters. The van der Waals surface area contributed by atoms with Gasteiger partial charge in [-0.3, -0.25) is 4.79 Å². The minimum Gasteiger partial charge on any atom is -0.356 e. The zero-order chi connectivity index (χ0) is 18.1. The van der Waals surface area contributed by atoms with Gasteiger partial charge >= 0.3 is 0 Å². The van der Waals surface area contributed by atoms with Crippen LogP contribution in [0.3, 0.4) is 0 Å². The molecule has 136 valence electrons. The number of amides is 1. The van der Waals surface area contributed by atoms with Crippen LogP contribution in [0.15, 0.2) is 30.3 Å². The number of aryl methyl sites for hydroxylation is 1. The maximum absolute atomic E-state index is 12.5. The maximum Gasteiger partial charge on any atom is 0.273 e. The number of carbonyl (C=O) groups is 1. The number of piperidine rings is 1. The van der Waals surface area contributed by atoms with Crippen LogP contribution >= 0.6 is 11.3 Å². The van der Waals surface area contributed by atoms with Gasteiger partial charge in [-0.2, -0.15) is 0 Å². The van der Waals surface area contributed by atoms with Crippen molar-refractivity contribution in [2.24, 2.45) is 13.0 Å². The van der Waals surface area contributed by atoms with Gasteiger partial charge in [0.2, 0.25) is 0 Å². The van der Waals surface area contributed by atoms with Crippen LogP contribution in [0.5, 0.6) is 0 Å². The van der Waals surface area contributed by atoms with Crippen LogP contribution in [-0.2, 0) is 7.05 Å². The van der Waals surface area contributed by atoms with Gasteiger partial charge in [0.05, 0.1) is 11.7 Å². The first kappa shape index (κ1) is 17.0. The monoisotopic (exact) mass is 370 g/mol. The summed E-state index contributed by atoms with van der Waals surface area (Å²) < 4.78 is 1.80. The lowest BCUT2D eigenvalue weighted by Crippen LogP contribution is -2.39. The highest BCUT2D eigenvalue weighted by molar-refractivity contribution is 7.16. The Morgan fingerprint density at radius 2 is 2.12 bits per heavy atom. The van der Waals surface area contributed by atoms with Gasteiger partial charge in [0.1, 0.15) is 22.7 Å². The van der Waals surface area contributed by atoms with Crippen molar-refractivity contribution in [2.45, 2.75) is 12.8 Å². The van der Waals surface area contributed by atoms with E-state index in [0.29, 0.717) is 11.6 Å². The van der Waals surface area contributed by atoms with Crippen LogP contribution in [0.4, 0.5) is 5.82 Å². The summed E-state index contributed by atoms with van der Waals surface area (Å²) in [5.41, 5.74) is 0.508. The normalized spacial score (nSPS) is 15.5. The molecule has 4 heterocycles. The van der Waals surface area contributed by atoms with E-state index < -0.39 is 0 Å². The average Bonchev–Trinajstić information content (AvgIpc) is 3.30. The molecule has 0 saturated carbocycles. The molecule has 26 heavy (non-hydrogen) atoms. The first-order valence-corrected chi connectivity index (χ1v) is 9.66. The van der Waals surface area contributed by atoms with Crippen molar-refractivity contribution in [3.8, 4) is 0 Å². The van der Waals surface area contributed by atoms with Crippen LogP contribution in [0.25, 0.3) is 10.2 Å². The molecule has 0 N–H and O–H groups in total. The van der Waals surface area contributed by atoms with Crippen molar-refractivity contribution in [3.05, 3.63) is 36.0 Å². The van der Waals surface area contributed by atoms with Crippen LogP contribution in [0, 0.1) is 5.92 Å². The number of anilines is 1. The third-order valence-corrected chi connectivity index (χ3v) is 5.78. The maximum atomic E-state index is 12.5. The number of imidazole rings is 1. The van der Waals surface area contributed by atoms with Gasteiger partial charge in [-0.25, -0.2) is 15.0 Å². The smallest absolute Gasteiger partial charge is 0.273 e. The molecule has 1 aliphatic heterocycles. The fraction of sp³-hybridized carbons (Fsp3) is 0.444. The third kappa shape index (κ3) is 3.29. The lowest BCUT2D eigenvalue weighted by atomic mass is 9.96. The molecule has 0 aromatic carbocycles. The van der Waals surface area contributed by atoms with Gasteiger partial charge in [0.15, 0.2) is 0 Å². The molecule has 0 bridgehead atoms. The van der Waals surface area contributed by atoms with Crippen LogP contribution in [0.2, 0.25) is 0 Å². The average molecular weight is 370 g/mol. The fourth-order valence-corrected chi connectivity index (χ4v) is 4.27. The van der Waals surface area contributed by atoms with Crippen molar-refractivity contribution in [1.29, 1.82) is 0 Å². The van der Waals surface area contributed by atoms with Crippen molar-refractivity contribution >= 4 is 33.3 Å². The van der Waals surface area contributed by atoms with E-state index in [1.54, 1.807) is 39.7 Å². The molecule has 1 amide bonds. The molecular formula is C18H22N6OS. The summed E-state index contributed by atoms with van der Waals surface area (Å²) >= 11 is 1.65. The van der Waals surface area contributed by atoms with E-state index in [2.05, 4.69) is 31.3 Å². The predicted octanol–water partition coefficient (Wildman–Crippen LogP) is 2.41. The Labute approximate surface area is 156 Å². The summed E-state index contributed by atoms with van der Waals surface area (Å²) in [6.45, 7) is 2.68. The fourth-order valence-electron chi connectivity index (χ4n) is 3.55. The molecule has 3 aromatic rings. The van der Waals surface area contributed by atoms with Crippen molar-refractivity contribution in [1.82, 2.24) is 24.4 Å². The topological polar surface area (TPSA) is 67.2 Å². The predicted molar refractivity (Wildman–Crippen MR) is 103 cm³/mol. The van der Waals surface area contributed by atoms with Crippen LogP contribution in [-0.4, -0.2) is 57.0 Å². The summed E-state index contributed by atoms with van der Waals surface area (Å²) in [5, 5.41) is 3.20. The van der Waals surface area contributed by atoms with E-state index in [4.69, 9.17) is 0 Å². The van der Waals surface area contributed by atoms with Gasteiger partial charge in [0, 0.05) is 39.9 Å². The number of hydrogen-bond donors (Lipinski definition) is 0. The van der Waals surface area contributed by atoms with Crippen molar-refractivity contribution in [2.75, 3.05) is 31.6 Å². The van der Waals surface area contributed by atoms with Crippen molar-refractivity contribution in [3.63, 3.8) is 0 Å². The zero-order valence-electron chi connectivity index (χ0n) is 15.0. The summed E-state index contributed by atoms with van der Waals surface area (Å²) in [4.78, 5) is 30.6. The molecule has 3 aromatic heterocycles. The Morgan fingerprint density at radius 3 is 2.85 bits per heavy atom. The van der Waals surface area contributed by atoms with Crippen LogP contribution < -0.4 is 4.90 Å². The second kappa shape index (κ2) is 7.03. The first-order chi connectivity index (χ1) is 12.6. The highest BCUT2D eigenvalue weighted by atomic mass is 32.1. The van der Waals surface area contributed by atoms with E-state index in [0.717, 1.165) is 48.5 Å². The van der Waals surface area contributed by atoms with Gasteiger partial charge in [-0.15, -0.1) is 11.3 Å². The number of hydrogen-bond acceptors (Lipinski definition) is 6. The molecule has 4 rings (SSSR count). The van der Waals surface area contributed by atoms with E-state index >= 15 is 0 Å². The van der Waals surface area contributed by atoms with E-state index in [1.165, 1.54) is 0 Å². The van der Waals surface area contributed by atoms with Gasteiger partial charge in [-0.1, -0.05) is 0 Å². The molecule has 0 aliphatic carbocycles. The molecule has 0 unspecified atom stereocenters. The Balaban J connectivity index is 1.36. The molecule has 1 aliphatic rings. The van der Waals surface area contributed by atoms with Gasteiger partial charge in [-0.05, 0) is 30.2 Å². The Hall–Kier alpha value is -2.48. The first-order valence-electron chi connectivity index (χ1n) is 8.78. The summed E-state index contributed by atoms with van der Waals surface area (Å²) in [6.07, 6.45) is 7.18. The minimum atomic E-state index is -0.0104. The quantitative estimate of drug-likeness (QED) is 0.706.